The summed E-state index contributed by atoms with van der Waals surface area (Å²) < 4.78 is 5.64. The number of nitrogens with zero attached hydrogens (tertiary/aromatic N) is 2. The van der Waals surface area contributed by atoms with Crippen LogP contribution in [0.2, 0.25) is 5.02 Å². The van der Waals surface area contributed by atoms with Crippen molar-refractivity contribution < 1.29 is 4.74 Å². The number of ether oxygens (including phenoxy) is 1. The molecule has 1 aliphatic carbocycles. The van der Waals surface area contributed by atoms with E-state index in [9.17, 15) is 0 Å². The van der Waals surface area contributed by atoms with Crippen LogP contribution in [0.15, 0.2) is 12.3 Å². The molecule has 4 nitrogen and oxygen atoms in total. The highest BCUT2D eigenvalue weighted by atomic mass is 35.5. The van der Waals surface area contributed by atoms with Gasteiger partial charge in [-0.2, -0.15) is 0 Å². The standard InChI is InChI=1S/C15H22ClN3O/c1-10-14(5-6-20-10)19(2)15-7-11(13(16)9-18-15)8-17-12-3-4-12/h7,9-10,12,14,17H,3-6,8H2,1-2H3. The van der Waals surface area contributed by atoms with E-state index in [1.807, 2.05) is 0 Å². The van der Waals surface area contributed by atoms with E-state index in [1.54, 1.807) is 6.20 Å². The largest absolute Gasteiger partial charge is 0.376 e. The lowest BCUT2D eigenvalue weighted by Gasteiger charge is -2.28. The number of anilines is 1. The van der Waals surface area contributed by atoms with Crippen molar-refractivity contribution >= 4 is 17.4 Å². The zero-order chi connectivity index (χ0) is 14.1. The molecule has 2 unspecified atom stereocenters. The molecule has 110 valence electrons. The SMILES string of the molecule is CC1OCCC1N(C)c1cc(CNC2CC2)c(Cl)cn1. The van der Waals surface area contributed by atoms with Gasteiger partial charge in [0.15, 0.2) is 0 Å². The highest BCUT2D eigenvalue weighted by Crippen LogP contribution is 2.26. The summed E-state index contributed by atoms with van der Waals surface area (Å²) in [5.74, 6) is 0.976. The fraction of sp³-hybridized carbons (Fsp3) is 0.667. The first-order valence-corrected chi connectivity index (χ1v) is 7.75. The molecule has 2 aliphatic rings. The lowest BCUT2D eigenvalue weighted by Crippen LogP contribution is -2.37. The molecule has 1 saturated carbocycles. The van der Waals surface area contributed by atoms with E-state index in [-0.39, 0.29) is 6.10 Å². The van der Waals surface area contributed by atoms with Crippen LogP contribution in [0, 0.1) is 0 Å². The smallest absolute Gasteiger partial charge is 0.128 e. The van der Waals surface area contributed by atoms with Gasteiger partial charge in [0.1, 0.15) is 5.82 Å². The van der Waals surface area contributed by atoms with Crippen molar-refractivity contribution in [2.75, 3.05) is 18.6 Å². The van der Waals surface area contributed by atoms with E-state index in [0.29, 0.717) is 12.1 Å². The summed E-state index contributed by atoms with van der Waals surface area (Å²) in [6.45, 7) is 3.78. The summed E-state index contributed by atoms with van der Waals surface area (Å²) in [7, 11) is 2.09. The second kappa shape index (κ2) is 5.88. The van der Waals surface area contributed by atoms with Gasteiger partial charge in [-0.15, -0.1) is 0 Å². The molecule has 0 amide bonds. The van der Waals surface area contributed by atoms with Crippen LogP contribution in [0.5, 0.6) is 0 Å². The van der Waals surface area contributed by atoms with Gasteiger partial charge in [0, 0.05) is 32.4 Å². The first kappa shape index (κ1) is 14.1. The minimum absolute atomic E-state index is 0.255. The van der Waals surface area contributed by atoms with Gasteiger partial charge in [0.25, 0.3) is 0 Å². The quantitative estimate of drug-likeness (QED) is 0.906. The molecule has 1 aliphatic heterocycles. The van der Waals surface area contributed by atoms with Crippen molar-refractivity contribution in [3.63, 3.8) is 0 Å². The molecule has 1 N–H and O–H groups in total. The summed E-state index contributed by atoms with van der Waals surface area (Å²) in [5, 5.41) is 4.24. The van der Waals surface area contributed by atoms with E-state index in [1.165, 1.54) is 12.8 Å². The van der Waals surface area contributed by atoms with Crippen molar-refractivity contribution in [3.8, 4) is 0 Å². The van der Waals surface area contributed by atoms with Crippen LogP contribution in [0.25, 0.3) is 0 Å². The average Bonchev–Trinajstić information content (AvgIpc) is 3.17. The zero-order valence-electron chi connectivity index (χ0n) is 12.1. The molecule has 1 aromatic rings. The molecule has 0 radical (unpaired) electrons. The van der Waals surface area contributed by atoms with Crippen molar-refractivity contribution in [2.24, 2.45) is 0 Å². The van der Waals surface area contributed by atoms with Crippen LogP contribution < -0.4 is 10.2 Å². The van der Waals surface area contributed by atoms with Crippen molar-refractivity contribution in [3.05, 3.63) is 22.8 Å². The number of pyridine rings is 1. The number of nitrogens with one attached hydrogen (secondary N) is 1. The fourth-order valence-corrected chi connectivity index (χ4v) is 2.91. The molecule has 0 bridgehead atoms. The number of hydrogen-bond donors (Lipinski definition) is 1. The molecule has 0 aromatic carbocycles. The van der Waals surface area contributed by atoms with E-state index in [2.05, 4.69) is 35.2 Å². The van der Waals surface area contributed by atoms with Gasteiger partial charge in [0.2, 0.25) is 0 Å². The third-order valence-corrected chi connectivity index (χ3v) is 4.61. The maximum atomic E-state index is 6.25. The van der Waals surface area contributed by atoms with Gasteiger partial charge in [-0.1, -0.05) is 11.6 Å². The molecule has 2 atom stereocenters. The van der Waals surface area contributed by atoms with Gasteiger partial charge >= 0.3 is 0 Å². The third kappa shape index (κ3) is 3.08. The lowest BCUT2D eigenvalue weighted by atomic mass is 10.1. The van der Waals surface area contributed by atoms with Gasteiger partial charge in [0.05, 0.1) is 17.2 Å². The maximum Gasteiger partial charge on any atom is 0.128 e. The Morgan fingerprint density at radius 1 is 1.45 bits per heavy atom. The Labute approximate surface area is 125 Å². The van der Waals surface area contributed by atoms with Gasteiger partial charge in [-0.3, -0.25) is 0 Å². The van der Waals surface area contributed by atoms with Crippen LogP contribution in [-0.4, -0.2) is 36.8 Å². The zero-order valence-corrected chi connectivity index (χ0v) is 12.9. The molecule has 5 heteroatoms. The second-order valence-electron chi connectivity index (χ2n) is 5.83. The molecular weight excluding hydrogens is 274 g/mol. The van der Waals surface area contributed by atoms with Crippen LogP contribution in [0.3, 0.4) is 0 Å². The van der Waals surface area contributed by atoms with Crippen molar-refractivity contribution in [1.29, 1.82) is 0 Å². The summed E-state index contributed by atoms with van der Waals surface area (Å²) in [4.78, 5) is 6.69. The van der Waals surface area contributed by atoms with E-state index in [4.69, 9.17) is 16.3 Å². The molecule has 3 rings (SSSR count). The summed E-state index contributed by atoms with van der Waals surface area (Å²) in [6, 6.07) is 3.18. The molecule has 0 spiro atoms. The minimum Gasteiger partial charge on any atom is -0.376 e. The van der Waals surface area contributed by atoms with Crippen LogP contribution in [0.4, 0.5) is 5.82 Å². The van der Waals surface area contributed by atoms with Gasteiger partial charge in [-0.05, 0) is 37.8 Å². The van der Waals surface area contributed by atoms with E-state index < -0.39 is 0 Å². The molecule has 2 fully saturated rings. The normalized spacial score (nSPS) is 25.9. The molecule has 1 saturated heterocycles. The summed E-state index contributed by atoms with van der Waals surface area (Å²) >= 11 is 6.25. The maximum absolute atomic E-state index is 6.25. The predicted molar refractivity (Wildman–Crippen MR) is 81.3 cm³/mol. The number of hydrogen-bond acceptors (Lipinski definition) is 4. The highest BCUT2D eigenvalue weighted by Gasteiger charge is 2.29. The van der Waals surface area contributed by atoms with Crippen LogP contribution in [-0.2, 0) is 11.3 Å². The molecular formula is C15H22ClN3O. The van der Waals surface area contributed by atoms with Gasteiger partial charge < -0.3 is 15.0 Å². The summed E-state index contributed by atoms with van der Waals surface area (Å²) in [5.41, 5.74) is 1.13. The van der Waals surface area contributed by atoms with Crippen LogP contribution in [0.1, 0.15) is 31.7 Å². The van der Waals surface area contributed by atoms with E-state index in [0.717, 1.165) is 36.0 Å². The van der Waals surface area contributed by atoms with Crippen molar-refractivity contribution in [1.82, 2.24) is 10.3 Å². The molecule has 2 heterocycles. The Morgan fingerprint density at radius 2 is 2.25 bits per heavy atom. The first-order chi connectivity index (χ1) is 9.65. The molecule has 20 heavy (non-hydrogen) atoms. The third-order valence-electron chi connectivity index (χ3n) is 4.27. The Bertz CT molecular complexity index is 478. The Kier molecular flexibility index (Phi) is 4.15. The van der Waals surface area contributed by atoms with Crippen LogP contribution >= 0.6 is 11.6 Å². The fourth-order valence-electron chi connectivity index (χ4n) is 2.74. The van der Waals surface area contributed by atoms with Crippen molar-refractivity contribution in [2.45, 2.75) is 50.9 Å². The number of rotatable bonds is 5. The highest BCUT2D eigenvalue weighted by molar-refractivity contribution is 6.31. The average molecular weight is 296 g/mol. The Balaban J connectivity index is 1.73. The predicted octanol–water partition coefficient (Wildman–Crippen LogP) is 2.60. The molecule has 1 aromatic heterocycles. The topological polar surface area (TPSA) is 37.4 Å². The number of halogens is 1. The summed E-state index contributed by atoms with van der Waals surface area (Å²) in [6.07, 6.45) is 5.64. The number of likely N-dealkylation sites (N-methyl/N-ethyl adjacent to an activating group) is 1. The van der Waals surface area contributed by atoms with E-state index >= 15 is 0 Å². The second-order valence-corrected chi connectivity index (χ2v) is 6.24. The Hall–Kier alpha value is -0.840. The number of aromatic nitrogens is 1. The first-order valence-electron chi connectivity index (χ1n) is 7.37. The monoisotopic (exact) mass is 295 g/mol. The van der Waals surface area contributed by atoms with Gasteiger partial charge in [-0.25, -0.2) is 4.98 Å². The minimum atomic E-state index is 0.255. The lowest BCUT2D eigenvalue weighted by molar-refractivity contribution is 0.118. The Morgan fingerprint density at radius 3 is 2.90 bits per heavy atom.